The minimum atomic E-state index is -0.580. The van der Waals surface area contributed by atoms with Crippen LogP contribution in [0.2, 0.25) is 5.02 Å². The highest BCUT2D eigenvalue weighted by Gasteiger charge is 2.13. The number of fused-ring (bicyclic) bond motifs is 1. The lowest BCUT2D eigenvalue weighted by atomic mass is 10.0. The van der Waals surface area contributed by atoms with Crippen LogP contribution in [-0.2, 0) is 0 Å². The first-order chi connectivity index (χ1) is 9.66. The fourth-order valence-corrected chi connectivity index (χ4v) is 2.48. The van der Waals surface area contributed by atoms with E-state index in [1.165, 1.54) is 0 Å². The third kappa shape index (κ3) is 2.28. The van der Waals surface area contributed by atoms with Crippen LogP contribution in [0.15, 0.2) is 54.6 Å². The SMILES string of the molecule is O=C(Cl)c1cc2ccccc2c(-c2ccccc2Cl)n1. The summed E-state index contributed by atoms with van der Waals surface area (Å²) in [6, 6.07) is 16.8. The monoisotopic (exact) mass is 301 g/mol. The molecule has 1 aromatic heterocycles. The molecule has 0 amide bonds. The zero-order chi connectivity index (χ0) is 14.1. The van der Waals surface area contributed by atoms with Crippen molar-refractivity contribution in [3.05, 3.63) is 65.3 Å². The molecule has 0 fully saturated rings. The summed E-state index contributed by atoms with van der Waals surface area (Å²) in [4.78, 5) is 15.8. The van der Waals surface area contributed by atoms with E-state index < -0.39 is 5.24 Å². The molecular weight excluding hydrogens is 293 g/mol. The number of carbonyl (C=O) groups is 1. The Bertz CT molecular complexity index is 814. The Labute approximate surface area is 126 Å². The van der Waals surface area contributed by atoms with Crippen LogP contribution in [-0.4, -0.2) is 10.2 Å². The fraction of sp³-hybridized carbons (Fsp3) is 0. The Kier molecular flexibility index (Phi) is 3.43. The summed E-state index contributed by atoms with van der Waals surface area (Å²) in [5, 5.41) is 1.84. The van der Waals surface area contributed by atoms with Gasteiger partial charge in [0.25, 0.3) is 5.24 Å². The lowest BCUT2D eigenvalue weighted by Crippen LogP contribution is -1.97. The molecular formula is C16H9Cl2NO. The number of carbonyl (C=O) groups excluding carboxylic acids is 1. The maximum Gasteiger partial charge on any atom is 0.270 e. The summed E-state index contributed by atoms with van der Waals surface area (Å²) in [5.74, 6) is 0. The van der Waals surface area contributed by atoms with Crippen LogP contribution in [0, 0.1) is 0 Å². The van der Waals surface area contributed by atoms with Crippen molar-refractivity contribution >= 4 is 39.2 Å². The number of pyridine rings is 1. The minimum Gasteiger partial charge on any atom is -0.274 e. The highest BCUT2D eigenvalue weighted by molar-refractivity contribution is 6.67. The molecule has 0 aliphatic carbocycles. The molecule has 4 heteroatoms. The predicted molar refractivity (Wildman–Crippen MR) is 82.4 cm³/mol. The molecule has 2 aromatic carbocycles. The maximum absolute atomic E-state index is 11.4. The summed E-state index contributed by atoms with van der Waals surface area (Å²) in [7, 11) is 0. The molecule has 20 heavy (non-hydrogen) atoms. The Balaban J connectivity index is 2.39. The van der Waals surface area contributed by atoms with Crippen LogP contribution < -0.4 is 0 Å². The summed E-state index contributed by atoms with van der Waals surface area (Å²) in [6.07, 6.45) is 0. The summed E-state index contributed by atoms with van der Waals surface area (Å²) < 4.78 is 0. The summed E-state index contributed by atoms with van der Waals surface area (Å²) in [6.45, 7) is 0. The molecule has 0 bridgehead atoms. The van der Waals surface area contributed by atoms with E-state index in [2.05, 4.69) is 4.98 Å². The molecule has 0 N–H and O–H groups in total. The normalized spacial score (nSPS) is 10.7. The number of hydrogen-bond acceptors (Lipinski definition) is 2. The van der Waals surface area contributed by atoms with Gasteiger partial charge in [-0.2, -0.15) is 0 Å². The van der Waals surface area contributed by atoms with Crippen molar-refractivity contribution in [2.75, 3.05) is 0 Å². The standard InChI is InChI=1S/C16H9Cl2NO/c17-13-8-4-3-7-12(13)15-11-6-2-1-5-10(11)9-14(19-15)16(18)20/h1-9H. The second-order valence-electron chi connectivity index (χ2n) is 4.33. The molecule has 0 aliphatic rings. The Morgan fingerprint density at radius 3 is 2.45 bits per heavy atom. The highest BCUT2D eigenvalue weighted by Crippen LogP contribution is 2.32. The van der Waals surface area contributed by atoms with Crippen LogP contribution in [0.3, 0.4) is 0 Å². The van der Waals surface area contributed by atoms with E-state index in [0.29, 0.717) is 10.7 Å². The van der Waals surface area contributed by atoms with E-state index in [9.17, 15) is 4.79 Å². The van der Waals surface area contributed by atoms with Crippen LogP contribution in [0.25, 0.3) is 22.0 Å². The molecule has 2 nitrogen and oxygen atoms in total. The van der Waals surface area contributed by atoms with Crippen LogP contribution in [0.4, 0.5) is 0 Å². The van der Waals surface area contributed by atoms with Crippen molar-refractivity contribution in [2.45, 2.75) is 0 Å². The molecule has 98 valence electrons. The average Bonchev–Trinajstić information content (AvgIpc) is 2.46. The fourth-order valence-electron chi connectivity index (χ4n) is 2.16. The van der Waals surface area contributed by atoms with Gasteiger partial charge in [-0.25, -0.2) is 4.98 Å². The van der Waals surface area contributed by atoms with Gasteiger partial charge in [0.05, 0.1) is 5.69 Å². The van der Waals surface area contributed by atoms with Gasteiger partial charge in [-0.3, -0.25) is 4.79 Å². The third-order valence-corrected chi connectivity index (χ3v) is 3.59. The van der Waals surface area contributed by atoms with Crippen molar-refractivity contribution in [3.8, 4) is 11.3 Å². The minimum absolute atomic E-state index is 0.222. The Hall–Kier alpha value is -1.90. The lowest BCUT2D eigenvalue weighted by Gasteiger charge is -2.09. The molecule has 0 atom stereocenters. The Morgan fingerprint density at radius 1 is 1.00 bits per heavy atom. The van der Waals surface area contributed by atoms with Gasteiger partial charge in [0.15, 0.2) is 0 Å². The number of nitrogens with zero attached hydrogens (tertiary/aromatic N) is 1. The molecule has 0 radical (unpaired) electrons. The van der Waals surface area contributed by atoms with E-state index in [1.54, 1.807) is 12.1 Å². The summed E-state index contributed by atoms with van der Waals surface area (Å²) >= 11 is 11.8. The van der Waals surface area contributed by atoms with Gasteiger partial charge in [-0.1, -0.05) is 54.1 Å². The van der Waals surface area contributed by atoms with E-state index in [0.717, 1.165) is 16.3 Å². The van der Waals surface area contributed by atoms with Gasteiger partial charge in [-0.15, -0.1) is 0 Å². The molecule has 3 aromatic rings. The number of benzene rings is 2. The molecule has 0 unspecified atom stereocenters. The number of halogens is 2. The number of rotatable bonds is 2. The van der Waals surface area contributed by atoms with Crippen LogP contribution in [0.5, 0.6) is 0 Å². The number of hydrogen-bond donors (Lipinski definition) is 0. The highest BCUT2D eigenvalue weighted by atomic mass is 35.5. The first-order valence-corrected chi connectivity index (χ1v) is 6.77. The van der Waals surface area contributed by atoms with Gasteiger partial charge in [-0.05, 0) is 29.1 Å². The van der Waals surface area contributed by atoms with Crippen molar-refractivity contribution in [3.63, 3.8) is 0 Å². The zero-order valence-corrected chi connectivity index (χ0v) is 11.8. The van der Waals surface area contributed by atoms with Crippen molar-refractivity contribution in [2.24, 2.45) is 0 Å². The van der Waals surface area contributed by atoms with Crippen molar-refractivity contribution in [1.82, 2.24) is 4.98 Å². The predicted octanol–water partition coefficient (Wildman–Crippen LogP) is 4.93. The van der Waals surface area contributed by atoms with Crippen molar-refractivity contribution in [1.29, 1.82) is 0 Å². The van der Waals surface area contributed by atoms with E-state index in [4.69, 9.17) is 23.2 Å². The quantitative estimate of drug-likeness (QED) is 0.628. The maximum atomic E-state index is 11.4. The van der Waals surface area contributed by atoms with Gasteiger partial charge in [0.2, 0.25) is 0 Å². The average molecular weight is 302 g/mol. The van der Waals surface area contributed by atoms with Gasteiger partial charge in [0, 0.05) is 16.0 Å². The van der Waals surface area contributed by atoms with E-state index >= 15 is 0 Å². The molecule has 1 heterocycles. The third-order valence-electron chi connectivity index (χ3n) is 3.07. The first-order valence-electron chi connectivity index (χ1n) is 6.01. The molecule has 0 spiro atoms. The molecule has 0 aliphatic heterocycles. The summed E-state index contributed by atoms with van der Waals surface area (Å²) in [5.41, 5.74) is 1.67. The topological polar surface area (TPSA) is 30.0 Å². The van der Waals surface area contributed by atoms with Crippen molar-refractivity contribution < 1.29 is 4.79 Å². The second kappa shape index (κ2) is 5.23. The van der Waals surface area contributed by atoms with E-state index in [1.807, 2.05) is 42.5 Å². The zero-order valence-electron chi connectivity index (χ0n) is 10.3. The number of aromatic nitrogens is 1. The molecule has 3 rings (SSSR count). The Morgan fingerprint density at radius 2 is 1.70 bits per heavy atom. The first kappa shape index (κ1) is 13.1. The second-order valence-corrected chi connectivity index (χ2v) is 5.08. The molecule has 0 saturated carbocycles. The smallest absolute Gasteiger partial charge is 0.270 e. The molecule has 0 saturated heterocycles. The van der Waals surface area contributed by atoms with Gasteiger partial charge < -0.3 is 0 Å². The van der Waals surface area contributed by atoms with E-state index in [-0.39, 0.29) is 5.69 Å². The van der Waals surface area contributed by atoms with Gasteiger partial charge >= 0.3 is 0 Å². The van der Waals surface area contributed by atoms with Crippen LogP contribution >= 0.6 is 23.2 Å². The largest absolute Gasteiger partial charge is 0.274 e. The van der Waals surface area contributed by atoms with Gasteiger partial charge in [0.1, 0.15) is 5.69 Å². The lowest BCUT2D eigenvalue weighted by molar-refractivity contribution is 0.107. The van der Waals surface area contributed by atoms with Crippen LogP contribution in [0.1, 0.15) is 10.5 Å².